The summed E-state index contributed by atoms with van der Waals surface area (Å²) in [6.07, 6.45) is -4.72. The third kappa shape index (κ3) is 3.46. The first-order valence-electron chi connectivity index (χ1n) is 5.47. The predicted octanol–water partition coefficient (Wildman–Crippen LogP) is 1.23. The Kier molecular flexibility index (Phi) is 4.37. The number of nitrogens with two attached hydrogens (primary N) is 1. The molecule has 4 N–H and O–H groups in total. The molecule has 1 aromatic rings. The standard InChI is InChI=1S/C12H12F3N3O2/c1-11(20,6-17)10(19)18-8-3-2-7(5-16)9(4-8)12(13,14)15/h2-4,20H,6,17H2,1H3,(H,18,19). The zero-order valence-electron chi connectivity index (χ0n) is 10.5. The van der Waals surface area contributed by atoms with Gasteiger partial charge in [0.15, 0.2) is 5.60 Å². The van der Waals surface area contributed by atoms with Crippen LogP contribution < -0.4 is 11.1 Å². The lowest BCUT2D eigenvalue weighted by atomic mass is 10.0. The van der Waals surface area contributed by atoms with Gasteiger partial charge < -0.3 is 16.2 Å². The average molecular weight is 287 g/mol. The van der Waals surface area contributed by atoms with Crippen molar-refractivity contribution in [3.05, 3.63) is 29.3 Å². The van der Waals surface area contributed by atoms with Crippen molar-refractivity contribution >= 4 is 11.6 Å². The van der Waals surface area contributed by atoms with Crippen LogP contribution in [0.15, 0.2) is 18.2 Å². The molecule has 0 fully saturated rings. The van der Waals surface area contributed by atoms with Crippen LogP contribution in [0.2, 0.25) is 0 Å². The molecule has 0 spiro atoms. The van der Waals surface area contributed by atoms with Crippen LogP contribution in [0.1, 0.15) is 18.1 Å². The number of nitriles is 1. The van der Waals surface area contributed by atoms with E-state index in [9.17, 15) is 23.1 Å². The van der Waals surface area contributed by atoms with Crippen molar-refractivity contribution in [2.24, 2.45) is 5.73 Å². The van der Waals surface area contributed by atoms with E-state index in [1.165, 1.54) is 6.07 Å². The highest BCUT2D eigenvalue weighted by atomic mass is 19.4. The van der Waals surface area contributed by atoms with Crippen molar-refractivity contribution in [3.8, 4) is 6.07 Å². The Labute approximate surface area is 112 Å². The van der Waals surface area contributed by atoms with Crippen molar-refractivity contribution in [2.45, 2.75) is 18.7 Å². The van der Waals surface area contributed by atoms with E-state index in [1.54, 1.807) is 0 Å². The van der Waals surface area contributed by atoms with Crippen LogP contribution in [0.5, 0.6) is 0 Å². The number of carbonyl (C=O) groups excluding carboxylic acids is 1. The zero-order valence-corrected chi connectivity index (χ0v) is 10.5. The van der Waals surface area contributed by atoms with E-state index in [2.05, 4.69) is 5.32 Å². The summed E-state index contributed by atoms with van der Waals surface area (Å²) in [4.78, 5) is 11.6. The summed E-state index contributed by atoms with van der Waals surface area (Å²) in [6.45, 7) is 0.748. The molecule has 0 saturated heterocycles. The van der Waals surface area contributed by atoms with Gasteiger partial charge in [-0.2, -0.15) is 18.4 Å². The molecule has 8 heteroatoms. The molecule has 0 aliphatic rings. The highest BCUT2D eigenvalue weighted by molar-refractivity contribution is 5.97. The van der Waals surface area contributed by atoms with E-state index in [4.69, 9.17) is 11.0 Å². The number of nitrogens with zero attached hydrogens (tertiary/aromatic N) is 1. The normalized spacial score (nSPS) is 14.2. The number of nitrogens with one attached hydrogen (secondary N) is 1. The van der Waals surface area contributed by atoms with Gasteiger partial charge in [-0.25, -0.2) is 0 Å². The van der Waals surface area contributed by atoms with Crippen LogP contribution in [-0.4, -0.2) is 23.2 Å². The molecule has 1 unspecified atom stereocenters. The molecule has 0 aliphatic heterocycles. The molecule has 20 heavy (non-hydrogen) atoms. The second-order valence-corrected chi connectivity index (χ2v) is 4.30. The second-order valence-electron chi connectivity index (χ2n) is 4.30. The van der Waals surface area contributed by atoms with Gasteiger partial charge in [-0.05, 0) is 25.1 Å². The number of alkyl halides is 3. The molecule has 1 rings (SSSR count). The molecule has 0 radical (unpaired) electrons. The van der Waals surface area contributed by atoms with Gasteiger partial charge in [0, 0.05) is 12.2 Å². The zero-order chi connectivity index (χ0) is 15.6. The molecule has 1 amide bonds. The van der Waals surface area contributed by atoms with Gasteiger partial charge in [0.2, 0.25) is 0 Å². The highest BCUT2D eigenvalue weighted by Crippen LogP contribution is 2.33. The van der Waals surface area contributed by atoms with Gasteiger partial charge in [0.1, 0.15) is 0 Å². The second kappa shape index (κ2) is 5.48. The Hall–Kier alpha value is -2.11. The molecule has 1 atom stereocenters. The third-order valence-electron chi connectivity index (χ3n) is 2.59. The molecular formula is C12H12F3N3O2. The topological polar surface area (TPSA) is 99.1 Å². The van der Waals surface area contributed by atoms with Crippen LogP contribution in [-0.2, 0) is 11.0 Å². The SMILES string of the molecule is CC(O)(CN)C(=O)Nc1ccc(C#N)c(C(F)(F)F)c1. The lowest BCUT2D eigenvalue weighted by molar-refractivity contribution is -0.138. The van der Waals surface area contributed by atoms with Gasteiger partial charge in [0.25, 0.3) is 5.91 Å². The lowest BCUT2D eigenvalue weighted by Gasteiger charge is -2.20. The first-order chi connectivity index (χ1) is 9.11. The van der Waals surface area contributed by atoms with Gasteiger partial charge in [-0.15, -0.1) is 0 Å². The minimum absolute atomic E-state index is 0.185. The van der Waals surface area contributed by atoms with Gasteiger partial charge in [-0.3, -0.25) is 4.79 Å². The minimum atomic E-state index is -4.72. The smallest absolute Gasteiger partial charge is 0.379 e. The summed E-state index contributed by atoms with van der Waals surface area (Å²) in [5, 5.41) is 20.3. The Balaban J connectivity index is 3.12. The lowest BCUT2D eigenvalue weighted by Crippen LogP contribution is -2.46. The fourth-order valence-corrected chi connectivity index (χ4v) is 1.31. The molecule has 1 aromatic carbocycles. The summed E-state index contributed by atoms with van der Waals surface area (Å²) < 4.78 is 38.2. The summed E-state index contributed by atoms with van der Waals surface area (Å²) >= 11 is 0. The quantitative estimate of drug-likeness (QED) is 0.778. The van der Waals surface area contributed by atoms with Crippen LogP contribution in [0.3, 0.4) is 0 Å². The van der Waals surface area contributed by atoms with Crippen LogP contribution in [0.4, 0.5) is 18.9 Å². The largest absolute Gasteiger partial charge is 0.417 e. The molecule has 0 aromatic heterocycles. The van der Waals surface area contributed by atoms with E-state index >= 15 is 0 Å². The Morgan fingerprint density at radius 3 is 2.55 bits per heavy atom. The summed E-state index contributed by atoms with van der Waals surface area (Å²) in [5.41, 5.74) is 1.37. The first kappa shape index (κ1) is 15.9. The first-order valence-corrected chi connectivity index (χ1v) is 5.47. The monoisotopic (exact) mass is 287 g/mol. The number of hydrogen-bond acceptors (Lipinski definition) is 4. The number of benzene rings is 1. The Morgan fingerprint density at radius 1 is 1.50 bits per heavy atom. The number of aliphatic hydroxyl groups is 1. The maximum absolute atomic E-state index is 12.7. The number of halogens is 3. The minimum Gasteiger partial charge on any atom is -0.379 e. The molecule has 0 saturated carbocycles. The highest BCUT2D eigenvalue weighted by Gasteiger charge is 2.34. The van der Waals surface area contributed by atoms with E-state index in [-0.39, 0.29) is 12.2 Å². The number of hydrogen-bond donors (Lipinski definition) is 3. The number of carbonyl (C=O) groups is 1. The molecule has 0 bridgehead atoms. The number of amides is 1. The van der Waals surface area contributed by atoms with Crippen LogP contribution >= 0.6 is 0 Å². The van der Waals surface area contributed by atoms with Crippen LogP contribution in [0, 0.1) is 11.3 Å². The van der Waals surface area contributed by atoms with E-state index in [0.29, 0.717) is 6.07 Å². The molecule has 108 valence electrons. The van der Waals surface area contributed by atoms with Crippen molar-refractivity contribution in [1.29, 1.82) is 5.26 Å². The fourth-order valence-electron chi connectivity index (χ4n) is 1.31. The van der Waals surface area contributed by atoms with Crippen molar-refractivity contribution < 1.29 is 23.1 Å². The molecule has 0 aliphatic carbocycles. The third-order valence-corrected chi connectivity index (χ3v) is 2.59. The van der Waals surface area contributed by atoms with Crippen molar-refractivity contribution in [2.75, 3.05) is 11.9 Å². The van der Waals surface area contributed by atoms with Gasteiger partial charge >= 0.3 is 6.18 Å². The molecular weight excluding hydrogens is 275 g/mol. The van der Waals surface area contributed by atoms with Gasteiger partial charge in [0.05, 0.1) is 17.2 Å². The maximum Gasteiger partial charge on any atom is 0.417 e. The van der Waals surface area contributed by atoms with E-state index in [0.717, 1.165) is 19.1 Å². The summed E-state index contributed by atoms with van der Waals surface area (Å²) in [7, 11) is 0. The average Bonchev–Trinajstić information content (AvgIpc) is 2.37. The van der Waals surface area contributed by atoms with Gasteiger partial charge in [-0.1, -0.05) is 0 Å². The summed E-state index contributed by atoms with van der Waals surface area (Å²) in [6, 6.07) is 4.13. The van der Waals surface area contributed by atoms with Crippen molar-refractivity contribution in [3.63, 3.8) is 0 Å². The van der Waals surface area contributed by atoms with E-state index < -0.39 is 28.8 Å². The Morgan fingerprint density at radius 2 is 2.10 bits per heavy atom. The summed E-state index contributed by atoms with van der Waals surface area (Å²) in [5.74, 6) is -0.933. The molecule has 5 nitrogen and oxygen atoms in total. The number of anilines is 1. The molecule has 0 heterocycles. The van der Waals surface area contributed by atoms with Crippen LogP contribution in [0.25, 0.3) is 0 Å². The Bertz CT molecular complexity index is 562. The maximum atomic E-state index is 12.7. The fraction of sp³-hybridized carbons (Fsp3) is 0.333. The predicted molar refractivity (Wildman–Crippen MR) is 64.5 cm³/mol. The van der Waals surface area contributed by atoms with E-state index in [1.807, 2.05) is 0 Å². The van der Waals surface area contributed by atoms with Crippen molar-refractivity contribution in [1.82, 2.24) is 0 Å². The number of rotatable bonds is 3.